The maximum Gasteiger partial charge on any atom is -0.0383 e. The standard InChI is InChI=1S/C13H28/c1-7-11(2)10-12(3)8-9-13(4,5)6/h11-12H,7-10H2,1-6H3. The number of rotatable bonds is 5. The molecule has 0 aromatic rings. The van der Waals surface area contributed by atoms with E-state index in [1.165, 1.54) is 25.7 Å². The molecule has 0 aliphatic rings. The van der Waals surface area contributed by atoms with Gasteiger partial charge in [-0.15, -0.1) is 0 Å². The summed E-state index contributed by atoms with van der Waals surface area (Å²) in [5, 5.41) is 0. The van der Waals surface area contributed by atoms with Crippen LogP contribution < -0.4 is 0 Å². The highest BCUT2D eigenvalue weighted by Gasteiger charge is 2.13. The molecule has 0 saturated carbocycles. The first-order valence-electron chi connectivity index (χ1n) is 5.85. The molecule has 0 aromatic carbocycles. The molecule has 80 valence electrons. The van der Waals surface area contributed by atoms with Crippen LogP contribution in [0.1, 0.15) is 67.2 Å². The predicted molar refractivity (Wildman–Crippen MR) is 61.9 cm³/mol. The zero-order valence-corrected chi connectivity index (χ0v) is 10.5. The van der Waals surface area contributed by atoms with E-state index in [1.54, 1.807) is 0 Å². The monoisotopic (exact) mass is 184 g/mol. The summed E-state index contributed by atoms with van der Waals surface area (Å²) in [5.41, 5.74) is 0.518. The fourth-order valence-corrected chi connectivity index (χ4v) is 1.65. The molecular formula is C13H28. The largest absolute Gasteiger partial charge is 0.0651 e. The molecule has 0 bridgehead atoms. The molecule has 0 heteroatoms. The van der Waals surface area contributed by atoms with Crippen molar-refractivity contribution >= 4 is 0 Å². The van der Waals surface area contributed by atoms with Gasteiger partial charge in [-0.2, -0.15) is 0 Å². The van der Waals surface area contributed by atoms with Crippen molar-refractivity contribution in [3.05, 3.63) is 0 Å². The van der Waals surface area contributed by atoms with E-state index in [1.807, 2.05) is 0 Å². The molecule has 0 fully saturated rings. The van der Waals surface area contributed by atoms with Crippen molar-refractivity contribution in [1.82, 2.24) is 0 Å². The molecule has 0 spiro atoms. The Morgan fingerprint density at radius 2 is 1.54 bits per heavy atom. The first-order chi connectivity index (χ1) is 5.85. The third-order valence-corrected chi connectivity index (χ3v) is 2.89. The second-order valence-electron chi connectivity index (χ2n) is 5.95. The summed E-state index contributed by atoms with van der Waals surface area (Å²) in [4.78, 5) is 0. The van der Waals surface area contributed by atoms with E-state index in [0.29, 0.717) is 5.41 Å². The van der Waals surface area contributed by atoms with Gasteiger partial charge in [0.2, 0.25) is 0 Å². The molecule has 0 aromatic heterocycles. The van der Waals surface area contributed by atoms with Gasteiger partial charge in [0.05, 0.1) is 0 Å². The second-order valence-corrected chi connectivity index (χ2v) is 5.95. The second kappa shape index (κ2) is 5.67. The summed E-state index contributed by atoms with van der Waals surface area (Å²) in [5.74, 6) is 1.82. The van der Waals surface area contributed by atoms with Gasteiger partial charge in [-0.3, -0.25) is 0 Å². The molecular weight excluding hydrogens is 156 g/mol. The molecule has 0 N–H and O–H groups in total. The zero-order valence-electron chi connectivity index (χ0n) is 10.5. The highest BCUT2D eigenvalue weighted by molar-refractivity contribution is 4.65. The van der Waals surface area contributed by atoms with E-state index in [2.05, 4.69) is 41.5 Å². The molecule has 0 aliphatic heterocycles. The quantitative estimate of drug-likeness (QED) is 0.571. The summed E-state index contributed by atoms with van der Waals surface area (Å²) in [6.07, 6.45) is 5.50. The SMILES string of the molecule is CCC(C)CC(C)CCC(C)(C)C. The van der Waals surface area contributed by atoms with Gasteiger partial charge in [0.25, 0.3) is 0 Å². The van der Waals surface area contributed by atoms with E-state index < -0.39 is 0 Å². The molecule has 2 atom stereocenters. The molecule has 2 unspecified atom stereocenters. The van der Waals surface area contributed by atoms with Crippen LogP contribution in [0.5, 0.6) is 0 Å². The minimum Gasteiger partial charge on any atom is -0.0651 e. The average molecular weight is 184 g/mol. The van der Waals surface area contributed by atoms with Crippen molar-refractivity contribution in [3.8, 4) is 0 Å². The van der Waals surface area contributed by atoms with Gasteiger partial charge < -0.3 is 0 Å². The van der Waals surface area contributed by atoms with E-state index >= 15 is 0 Å². The van der Waals surface area contributed by atoms with Crippen molar-refractivity contribution in [3.63, 3.8) is 0 Å². The maximum atomic E-state index is 2.40. The Morgan fingerprint density at radius 3 is 1.92 bits per heavy atom. The van der Waals surface area contributed by atoms with Gasteiger partial charge in [-0.1, -0.05) is 54.4 Å². The number of hydrogen-bond acceptors (Lipinski definition) is 0. The molecule has 0 aliphatic carbocycles. The number of hydrogen-bond donors (Lipinski definition) is 0. The van der Waals surface area contributed by atoms with Crippen molar-refractivity contribution in [2.24, 2.45) is 17.3 Å². The van der Waals surface area contributed by atoms with Crippen LogP contribution in [0.4, 0.5) is 0 Å². The highest BCUT2D eigenvalue weighted by Crippen LogP contribution is 2.26. The normalized spacial score (nSPS) is 17.1. The maximum absolute atomic E-state index is 2.40. The van der Waals surface area contributed by atoms with Gasteiger partial charge in [0.15, 0.2) is 0 Å². The van der Waals surface area contributed by atoms with Crippen molar-refractivity contribution in [2.75, 3.05) is 0 Å². The zero-order chi connectivity index (χ0) is 10.5. The smallest absolute Gasteiger partial charge is 0.0383 e. The molecule has 13 heavy (non-hydrogen) atoms. The van der Waals surface area contributed by atoms with Gasteiger partial charge >= 0.3 is 0 Å². The van der Waals surface area contributed by atoms with Crippen molar-refractivity contribution in [2.45, 2.75) is 67.2 Å². The molecule has 0 heterocycles. The van der Waals surface area contributed by atoms with E-state index in [-0.39, 0.29) is 0 Å². The summed E-state index contributed by atoms with van der Waals surface area (Å²) in [6, 6.07) is 0. The average Bonchev–Trinajstić information content (AvgIpc) is 1.99. The van der Waals surface area contributed by atoms with Crippen LogP contribution in [0.3, 0.4) is 0 Å². The van der Waals surface area contributed by atoms with Gasteiger partial charge in [0, 0.05) is 0 Å². The summed E-state index contributed by atoms with van der Waals surface area (Å²) < 4.78 is 0. The van der Waals surface area contributed by atoms with Gasteiger partial charge in [0.1, 0.15) is 0 Å². The fourth-order valence-electron chi connectivity index (χ4n) is 1.65. The Labute approximate surface area is 85.1 Å². The van der Waals surface area contributed by atoms with Gasteiger partial charge in [-0.05, 0) is 30.1 Å². The van der Waals surface area contributed by atoms with Crippen LogP contribution in [0, 0.1) is 17.3 Å². The summed E-state index contributed by atoms with van der Waals surface area (Å²) >= 11 is 0. The third kappa shape index (κ3) is 8.33. The third-order valence-electron chi connectivity index (χ3n) is 2.89. The predicted octanol–water partition coefficient (Wildman–Crippen LogP) is 4.89. The fraction of sp³-hybridized carbons (Fsp3) is 1.00. The lowest BCUT2D eigenvalue weighted by atomic mass is 9.84. The Hall–Kier alpha value is 0. The van der Waals surface area contributed by atoms with Gasteiger partial charge in [-0.25, -0.2) is 0 Å². The molecule has 0 radical (unpaired) electrons. The molecule has 0 saturated heterocycles. The molecule has 0 rings (SSSR count). The van der Waals surface area contributed by atoms with Crippen LogP contribution in [0.15, 0.2) is 0 Å². The lowest BCUT2D eigenvalue weighted by molar-refractivity contribution is 0.301. The van der Waals surface area contributed by atoms with Crippen LogP contribution in [-0.4, -0.2) is 0 Å². The summed E-state index contributed by atoms with van der Waals surface area (Å²) in [6.45, 7) is 14.1. The van der Waals surface area contributed by atoms with E-state index in [4.69, 9.17) is 0 Å². The highest BCUT2D eigenvalue weighted by atomic mass is 14.2. The Balaban J connectivity index is 3.57. The topological polar surface area (TPSA) is 0 Å². The van der Waals surface area contributed by atoms with Crippen molar-refractivity contribution in [1.29, 1.82) is 0 Å². The minimum absolute atomic E-state index is 0.518. The lowest BCUT2D eigenvalue weighted by Crippen LogP contribution is -2.09. The lowest BCUT2D eigenvalue weighted by Gasteiger charge is -2.22. The first kappa shape index (κ1) is 13.0. The van der Waals surface area contributed by atoms with Crippen LogP contribution in [0.2, 0.25) is 0 Å². The molecule has 0 amide bonds. The Bertz CT molecular complexity index is 118. The minimum atomic E-state index is 0.518. The van der Waals surface area contributed by atoms with Crippen LogP contribution >= 0.6 is 0 Å². The summed E-state index contributed by atoms with van der Waals surface area (Å²) in [7, 11) is 0. The van der Waals surface area contributed by atoms with E-state index in [0.717, 1.165) is 11.8 Å². The Kier molecular flexibility index (Phi) is 5.67. The molecule has 0 nitrogen and oxygen atoms in total. The van der Waals surface area contributed by atoms with Crippen LogP contribution in [0.25, 0.3) is 0 Å². The first-order valence-corrected chi connectivity index (χ1v) is 5.85. The van der Waals surface area contributed by atoms with Crippen molar-refractivity contribution < 1.29 is 0 Å². The van der Waals surface area contributed by atoms with Crippen LogP contribution in [-0.2, 0) is 0 Å². The Morgan fingerprint density at radius 1 is 1.00 bits per heavy atom. The van der Waals surface area contributed by atoms with E-state index in [9.17, 15) is 0 Å².